The Kier molecular flexibility index (Phi) is 3.63. The number of carbonyl (C=O) groups is 1. The summed E-state index contributed by atoms with van der Waals surface area (Å²) in [5.41, 5.74) is 12.2. The van der Waals surface area contributed by atoms with Gasteiger partial charge in [-0.05, 0) is 23.8 Å². The Bertz CT molecular complexity index is 614. The number of amides is 1. The molecule has 2 rings (SSSR count). The van der Waals surface area contributed by atoms with Gasteiger partial charge in [-0.3, -0.25) is 9.78 Å². The number of anilines is 1. The third kappa shape index (κ3) is 2.99. The standard InChI is InChI=1S/C13H13N3O3/c14-9-1-2-11(13(15)18)12(4-9)19-10-3-8(7-17)5-16-6-10/h1-6,17H,7,14H2,(H2,15,18). The summed E-state index contributed by atoms with van der Waals surface area (Å²) in [6, 6.07) is 6.18. The fourth-order valence-corrected chi connectivity index (χ4v) is 1.56. The van der Waals surface area contributed by atoms with E-state index in [1.165, 1.54) is 24.5 Å². The molecule has 0 bridgehead atoms. The van der Waals surface area contributed by atoms with E-state index in [9.17, 15) is 4.79 Å². The van der Waals surface area contributed by atoms with Gasteiger partial charge < -0.3 is 21.3 Å². The Balaban J connectivity index is 2.36. The molecule has 0 radical (unpaired) electrons. The van der Waals surface area contributed by atoms with Crippen LogP contribution in [-0.2, 0) is 6.61 Å². The van der Waals surface area contributed by atoms with E-state index in [-0.39, 0.29) is 17.9 Å². The van der Waals surface area contributed by atoms with Crippen LogP contribution in [-0.4, -0.2) is 16.0 Å². The number of aliphatic hydroxyl groups excluding tert-OH is 1. The minimum absolute atomic E-state index is 0.149. The second-order valence-corrected chi connectivity index (χ2v) is 3.91. The average Bonchev–Trinajstić information content (AvgIpc) is 2.38. The molecule has 2 aromatic rings. The van der Waals surface area contributed by atoms with Gasteiger partial charge in [0.15, 0.2) is 0 Å². The highest BCUT2D eigenvalue weighted by molar-refractivity contribution is 5.96. The Morgan fingerprint density at radius 2 is 2.11 bits per heavy atom. The van der Waals surface area contributed by atoms with Crippen molar-refractivity contribution in [3.05, 3.63) is 47.8 Å². The molecule has 6 heteroatoms. The molecule has 1 aromatic heterocycles. The van der Waals surface area contributed by atoms with Gasteiger partial charge in [-0.2, -0.15) is 0 Å². The lowest BCUT2D eigenvalue weighted by atomic mass is 10.1. The molecule has 6 nitrogen and oxygen atoms in total. The molecule has 98 valence electrons. The van der Waals surface area contributed by atoms with Gasteiger partial charge in [0.05, 0.1) is 18.4 Å². The van der Waals surface area contributed by atoms with Gasteiger partial charge in [-0.1, -0.05) is 0 Å². The highest BCUT2D eigenvalue weighted by Crippen LogP contribution is 2.27. The SMILES string of the molecule is NC(=O)c1ccc(N)cc1Oc1cncc(CO)c1. The van der Waals surface area contributed by atoms with Crippen molar-refractivity contribution < 1.29 is 14.6 Å². The molecular weight excluding hydrogens is 246 g/mol. The Labute approximate surface area is 109 Å². The van der Waals surface area contributed by atoms with E-state index in [0.717, 1.165) is 0 Å². The molecule has 0 aliphatic heterocycles. The number of nitrogens with zero attached hydrogens (tertiary/aromatic N) is 1. The second-order valence-electron chi connectivity index (χ2n) is 3.91. The van der Waals surface area contributed by atoms with Gasteiger partial charge in [0.1, 0.15) is 11.5 Å². The van der Waals surface area contributed by atoms with E-state index in [1.807, 2.05) is 0 Å². The number of nitrogen functional groups attached to an aromatic ring is 1. The third-order valence-corrected chi connectivity index (χ3v) is 2.45. The number of hydrogen-bond donors (Lipinski definition) is 3. The molecule has 0 saturated heterocycles. The van der Waals surface area contributed by atoms with Gasteiger partial charge >= 0.3 is 0 Å². The lowest BCUT2D eigenvalue weighted by Crippen LogP contribution is -2.12. The fourth-order valence-electron chi connectivity index (χ4n) is 1.56. The van der Waals surface area contributed by atoms with Crippen LogP contribution in [0.3, 0.4) is 0 Å². The van der Waals surface area contributed by atoms with E-state index in [2.05, 4.69) is 4.98 Å². The molecule has 0 saturated carbocycles. The van der Waals surface area contributed by atoms with Crippen molar-refractivity contribution in [3.63, 3.8) is 0 Å². The monoisotopic (exact) mass is 259 g/mol. The van der Waals surface area contributed by atoms with Crippen molar-refractivity contribution >= 4 is 11.6 Å². The van der Waals surface area contributed by atoms with Gasteiger partial charge in [0.25, 0.3) is 5.91 Å². The number of primary amides is 1. The highest BCUT2D eigenvalue weighted by atomic mass is 16.5. The Hall–Kier alpha value is -2.60. The van der Waals surface area contributed by atoms with Crippen LogP contribution in [0.1, 0.15) is 15.9 Å². The van der Waals surface area contributed by atoms with Crippen LogP contribution in [0.25, 0.3) is 0 Å². The van der Waals surface area contributed by atoms with Crippen LogP contribution in [0, 0.1) is 0 Å². The molecular formula is C13H13N3O3. The number of benzene rings is 1. The number of hydrogen-bond acceptors (Lipinski definition) is 5. The van der Waals surface area contributed by atoms with E-state index in [4.69, 9.17) is 21.3 Å². The van der Waals surface area contributed by atoms with Crippen LogP contribution in [0.2, 0.25) is 0 Å². The second kappa shape index (κ2) is 5.36. The van der Waals surface area contributed by atoms with Crippen molar-refractivity contribution in [3.8, 4) is 11.5 Å². The Morgan fingerprint density at radius 1 is 1.32 bits per heavy atom. The van der Waals surface area contributed by atoms with E-state index < -0.39 is 5.91 Å². The van der Waals surface area contributed by atoms with Gasteiger partial charge in [-0.15, -0.1) is 0 Å². The molecule has 0 aliphatic rings. The minimum Gasteiger partial charge on any atom is -0.455 e. The smallest absolute Gasteiger partial charge is 0.252 e. The lowest BCUT2D eigenvalue weighted by Gasteiger charge is -2.10. The first-order chi connectivity index (χ1) is 9.10. The normalized spacial score (nSPS) is 10.2. The first-order valence-corrected chi connectivity index (χ1v) is 5.52. The highest BCUT2D eigenvalue weighted by Gasteiger charge is 2.11. The van der Waals surface area contributed by atoms with Crippen LogP contribution in [0.4, 0.5) is 5.69 Å². The Morgan fingerprint density at radius 3 is 2.79 bits per heavy atom. The number of nitrogens with two attached hydrogens (primary N) is 2. The first-order valence-electron chi connectivity index (χ1n) is 5.52. The number of ether oxygens (including phenoxy) is 1. The zero-order valence-electron chi connectivity index (χ0n) is 10.0. The molecule has 0 atom stereocenters. The van der Waals surface area contributed by atoms with Crippen molar-refractivity contribution in [2.45, 2.75) is 6.61 Å². The van der Waals surface area contributed by atoms with E-state index in [0.29, 0.717) is 17.0 Å². The van der Waals surface area contributed by atoms with Gasteiger partial charge in [0.2, 0.25) is 0 Å². The summed E-state index contributed by atoms with van der Waals surface area (Å²) in [4.78, 5) is 15.2. The largest absolute Gasteiger partial charge is 0.455 e. The summed E-state index contributed by atoms with van der Waals surface area (Å²) >= 11 is 0. The quantitative estimate of drug-likeness (QED) is 0.710. The maximum absolute atomic E-state index is 11.3. The number of pyridine rings is 1. The van der Waals surface area contributed by atoms with Gasteiger partial charge in [-0.25, -0.2) is 0 Å². The maximum atomic E-state index is 11.3. The molecule has 5 N–H and O–H groups in total. The maximum Gasteiger partial charge on any atom is 0.252 e. The van der Waals surface area contributed by atoms with Crippen LogP contribution < -0.4 is 16.2 Å². The average molecular weight is 259 g/mol. The van der Waals surface area contributed by atoms with Crippen LogP contribution >= 0.6 is 0 Å². The van der Waals surface area contributed by atoms with Crippen molar-refractivity contribution in [1.82, 2.24) is 4.98 Å². The topological polar surface area (TPSA) is 111 Å². The summed E-state index contributed by atoms with van der Waals surface area (Å²) in [6.07, 6.45) is 2.98. The van der Waals surface area contributed by atoms with Crippen LogP contribution in [0.5, 0.6) is 11.5 Å². The molecule has 1 heterocycles. The molecule has 0 fully saturated rings. The number of aromatic nitrogens is 1. The molecule has 19 heavy (non-hydrogen) atoms. The summed E-state index contributed by atoms with van der Waals surface area (Å²) in [5.74, 6) is 0.0327. The van der Waals surface area contributed by atoms with Crippen molar-refractivity contribution in [1.29, 1.82) is 0 Å². The van der Waals surface area contributed by atoms with Gasteiger partial charge in [0, 0.05) is 18.0 Å². The number of carbonyl (C=O) groups excluding carboxylic acids is 1. The molecule has 0 aliphatic carbocycles. The predicted octanol–water partition coefficient (Wildman–Crippen LogP) is 1.05. The van der Waals surface area contributed by atoms with E-state index in [1.54, 1.807) is 12.1 Å². The van der Waals surface area contributed by atoms with Crippen LogP contribution in [0.15, 0.2) is 36.7 Å². The zero-order chi connectivity index (χ0) is 13.8. The molecule has 0 spiro atoms. The summed E-state index contributed by atoms with van der Waals surface area (Å²) in [5, 5.41) is 9.03. The number of aliphatic hydroxyl groups is 1. The van der Waals surface area contributed by atoms with Crippen molar-refractivity contribution in [2.75, 3.05) is 5.73 Å². The van der Waals surface area contributed by atoms with Crippen molar-refractivity contribution in [2.24, 2.45) is 5.73 Å². The van der Waals surface area contributed by atoms with E-state index >= 15 is 0 Å². The first kappa shape index (κ1) is 12.8. The fraction of sp³-hybridized carbons (Fsp3) is 0.0769. The molecule has 1 aromatic carbocycles. The molecule has 0 unspecified atom stereocenters. The third-order valence-electron chi connectivity index (χ3n) is 2.45. The minimum atomic E-state index is -0.610. The molecule has 1 amide bonds. The predicted molar refractivity (Wildman–Crippen MR) is 69.6 cm³/mol. The summed E-state index contributed by atoms with van der Waals surface area (Å²) < 4.78 is 5.54. The lowest BCUT2D eigenvalue weighted by molar-refractivity contribution is 0.0998. The summed E-state index contributed by atoms with van der Waals surface area (Å²) in [7, 11) is 0. The number of rotatable bonds is 4. The zero-order valence-corrected chi connectivity index (χ0v) is 10.0. The summed E-state index contributed by atoms with van der Waals surface area (Å²) in [6.45, 7) is -0.149.